The van der Waals surface area contributed by atoms with Crippen molar-refractivity contribution in [2.75, 3.05) is 12.4 Å². The fourth-order valence-corrected chi connectivity index (χ4v) is 0.804. The fourth-order valence-electron chi connectivity index (χ4n) is 0.268. The van der Waals surface area contributed by atoms with Crippen LogP contribution in [-0.4, -0.2) is 25.4 Å². The van der Waals surface area contributed by atoms with Gasteiger partial charge in [0.2, 0.25) is 0 Å². The molecule has 0 fully saturated rings. The topological polar surface area (TPSA) is 66.4 Å². The van der Waals surface area contributed by atoms with Crippen molar-refractivity contribution < 1.29 is 13.0 Å². The molecule has 0 amide bonds. The van der Waals surface area contributed by atoms with Crippen molar-refractivity contribution >= 4 is 21.9 Å². The number of hydrogen-bond donors (Lipinski definition) is 2. The Morgan fingerprint density at radius 1 is 1.56 bits per heavy atom. The highest BCUT2D eigenvalue weighted by Crippen LogP contribution is 1.82. The summed E-state index contributed by atoms with van der Waals surface area (Å²) in [6.07, 6.45) is 0.515. The van der Waals surface area contributed by atoms with E-state index in [2.05, 4.69) is 0 Å². The molecule has 0 aromatic carbocycles. The predicted octanol–water partition coefficient (Wildman–Crippen LogP) is 0.00770. The van der Waals surface area contributed by atoms with Gasteiger partial charge in [0.25, 0.3) is 0 Å². The van der Waals surface area contributed by atoms with Crippen LogP contribution >= 0.6 is 11.6 Å². The van der Waals surface area contributed by atoms with Crippen molar-refractivity contribution in [2.24, 2.45) is 0 Å². The molecule has 0 aromatic heterocycles. The molecule has 0 heterocycles. The van der Waals surface area contributed by atoms with E-state index in [0.717, 1.165) is 0 Å². The number of nitrogens with one attached hydrogen (secondary N) is 1. The molecule has 6 heteroatoms. The first-order valence-electron chi connectivity index (χ1n) is 2.34. The largest absolute Gasteiger partial charge is 0.333 e. The van der Waals surface area contributed by atoms with Crippen LogP contribution in [-0.2, 0) is 10.3 Å². The van der Waals surface area contributed by atoms with Gasteiger partial charge in [0.1, 0.15) is 0 Å². The van der Waals surface area contributed by atoms with Crippen LogP contribution in [0.4, 0.5) is 0 Å². The Morgan fingerprint density at radius 2 is 2.11 bits per heavy atom. The molecular weight excluding hydrogens is 166 g/mol. The van der Waals surface area contributed by atoms with Gasteiger partial charge in [-0.05, 0) is 6.42 Å². The molecular formula is C3H8ClNO3S. The van der Waals surface area contributed by atoms with Gasteiger partial charge in [-0.3, -0.25) is 4.55 Å². The van der Waals surface area contributed by atoms with Crippen LogP contribution < -0.4 is 4.72 Å². The Kier molecular flexibility index (Phi) is 4.12. The average molecular weight is 174 g/mol. The second-order valence-electron chi connectivity index (χ2n) is 1.41. The zero-order chi connectivity index (χ0) is 7.33. The lowest BCUT2D eigenvalue weighted by molar-refractivity contribution is 0.467. The normalized spacial score (nSPS) is 11.8. The smallest absolute Gasteiger partial charge is 0.273 e. The summed E-state index contributed by atoms with van der Waals surface area (Å²) in [5.74, 6) is 0.377. The van der Waals surface area contributed by atoms with Gasteiger partial charge >= 0.3 is 10.3 Å². The number of hydrogen-bond acceptors (Lipinski definition) is 2. The van der Waals surface area contributed by atoms with Gasteiger partial charge in [-0.25, -0.2) is 0 Å². The van der Waals surface area contributed by atoms with Crippen LogP contribution in [0.1, 0.15) is 6.42 Å². The highest BCUT2D eigenvalue weighted by molar-refractivity contribution is 7.83. The highest BCUT2D eigenvalue weighted by atomic mass is 35.5. The summed E-state index contributed by atoms with van der Waals surface area (Å²) in [7, 11) is -4.01. The molecule has 4 nitrogen and oxygen atoms in total. The molecule has 0 radical (unpaired) electrons. The average Bonchev–Trinajstić information content (AvgIpc) is 1.63. The molecule has 0 spiro atoms. The van der Waals surface area contributed by atoms with Gasteiger partial charge in [-0.1, -0.05) is 0 Å². The molecule has 56 valence electrons. The maximum Gasteiger partial charge on any atom is 0.333 e. The molecule has 0 saturated heterocycles. The highest BCUT2D eigenvalue weighted by Gasteiger charge is 1.98. The molecule has 0 rings (SSSR count). The predicted molar refractivity (Wildman–Crippen MR) is 34.9 cm³/mol. The molecule has 0 aromatic rings. The van der Waals surface area contributed by atoms with Gasteiger partial charge in [0.15, 0.2) is 0 Å². The minimum absolute atomic E-state index is 0.183. The molecule has 0 saturated carbocycles. The third kappa shape index (κ3) is 8.16. The van der Waals surface area contributed by atoms with Crippen molar-refractivity contribution in [3.63, 3.8) is 0 Å². The third-order valence-electron chi connectivity index (χ3n) is 0.595. The van der Waals surface area contributed by atoms with Gasteiger partial charge in [0.05, 0.1) is 0 Å². The first kappa shape index (κ1) is 9.16. The Hall–Kier alpha value is 0.160. The van der Waals surface area contributed by atoms with Crippen molar-refractivity contribution in [1.82, 2.24) is 4.72 Å². The number of rotatable bonds is 4. The monoisotopic (exact) mass is 173 g/mol. The third-order valence-corrected chi connectivity index (χ3v) is 1.43. The summed E-state index contributed by atoms with van der Waals surface area (Å²) in [4.78, 5) is 0. The summed E-state index contributed by atoms with van der Waals surface area (Å²) >= 11 is 5.21. The zero-order valence-electron chi connectivity index (χ0n) is 4.67. The van der Waals surface area contributed by atoms with E-state index >= 15 is 0 Å². The molecule has 2 N–H and O–H groups in total. The lowest BCUT2D eigenvalue weighted by atomic mass is 10.5. The van der Waals surface area contributed by atoms with Gasteiger partial charge in [-0.2, -0.15) is 13.1 Å². The van der Waals surface area contributed by atoms with Gasteiger partial charge < -0.3 is 0 Å². The standard InChI is InChI=1S/C3H8ClNO3S/c4-2-1-3-5-9(6,7)8/h5H,1-3H2,(H,6,7,8). The van der Waals surface area contributed by atoms with E-state index in [9.17, 15) is 8.42 Å². The van der Waals surface area contributed by atoms with Crippen molar-refractivity contribution in [3.05, 3.63) is 0 Å². The van der Waals surface area contributed by atoms with Crippen LogP contribution in [0.25, 0.3) is 0 Å². The lowest BCUT2D eigenvalue weighted by Gasteiger charge is -1.95. The van der Waals surface area contributed by atoms with Crippen LogP contribution in [0, 0.1) is 0 Å². The van der Waals surface area contributed by atoms with E-state index in [1.165, 1.54) is 0 Å². The Bertz CT molecular complexity index is 154. The minimum Gasteiger partial charge on any atom is -0.273 e. The second kappa shape index (κ2) is 4.05. The van der Waals surface area contributed by atoms with Crippen molar-refractivity contribution in [2.45, 2.75) is 6.42 Å². The number of halogens is 1. The summed E-state index contributed by atoms with van der Waals surface area (Å²) < 4.78 is 29.7. The van der Waals surface area contributed by atoms with Gasteiger partial charge in [0, 0.05) is 12.4 Å². The Labute approximate surface area is 59.1 Å². The molecule has 0 aliphatic carbocycles. The summed E-state index contributed by atoms with van der Waals surface area (Å²) in [5.41, 5.74) is 0. The Morgan fingerprint density at radius 3 is 2.44 bits per heavy atom. The van der Waals surface area contributed by atoms with E-state index in [1.807, 2.05) is 4.72 Å². The maximum absolute atomic E-state index is 9.91. The maximum atomic E-state index is 9.91. The Balaban J connectivity index is 3.30. The van der Waals surface area contributed by atoms with E-state index in [4.69, 9.17) is 16.2 Å². The van der Waals surface area contributed by atoms with Gasteiger partial charge in [-0.15, -0.1) is 11.6 Å². The van der Waals surface area contributed by atoms with E-state index in [1.54, 1.807) is 0 Å². The van der Waals surface area contributed by atoms with E-state index in [0.29, 0.717) is 12.3 Å². The van der Waals surface area contributed by atoms with E-state index < -0.39 is 10.3 Å². The molecule has 0 bridgehead atoms. The molecule has 0 aliphatic rings. The van der Waals surface area contributed by atoms with Crippen LogP contribution in [0.2, 0.25) is 0 Å². The first-order chi connectivity index (χ1) is 4.06. The SMILES string of the molecule is O=S(=O)(O)NCCCCl. The zero-order valence-corrected chi connectivity index (χ0v) is 6.24. The van der Waals surface area contributed by atoms with Crippen LogP contribution in [0.5, 0.6) is 0 Å². The fraction of sp³-hybridized carbons (Fsp3) is 1.00. The second-order valence-corrected chi connectivity index (χ2v) is 3.03. The first-order valence-corrected chi connectivity index (χ1v) is 4.32. The van der Waals surface area contributed by atoms with Crippen molar-refractivity contribution in [1.29, 1.82) is 0 Å². The molecule has 9 heavy (non-hydrogen) atoms. The van der Waals surface area contributed by atoms with Crippen LogP contribution in [0.3, 0.4) is 0 Å². The van der Waals surface area contributed by atoms with Crippen LogP contribution in [0.15, 0.2) is 0 Å². The number of alkyl halides is 1. The molecule has 0 unspecified atom stereocenters. The molecule has 0 aliphatic heterocycles. The molecule has 0 atom stereocenters. The quantitative estimate of drug-likeness (QED) is 0.358. The lowest BCUT2D eigenvalue weighted by Crippen LogP contribution is -2.23. The summed E-state index contributed by atoms with van der Waals surface area (Å²) in [6.45, 7) is 0.183. The van der Waals surface area contributed by atoms with E-state index in [-0.39, 0.29) is 6.54 Å². The minimum atomic E-state index is -4.01. The summed E-state index contributed by atoms with van der Waals surface area (Å²) in [5, 5.41) is 0. The van der Waals surface area contributed by atoms with Crippen molar-refractivity contribution in [3.8, 4) is 0 Å². The summed E-state index contributed by atoms with van der Waals surface area (Å²) in [6, 6.07) is 0.